The molecule has 2 rings (SSSR count). The maximum atomic E-state index is 12.5. The van der Waals surface area contributed by atoms with Crippen LogP contribution in [-0.2, 0) is 11.3 Å². The van der Waals surface area contributed by atoms with Gasteiger partial charge in [0.1, 0.15) is 12.2 Å². The maximum absolute atomic E-state index is 12.5. The van der Waals surface area contributed by atoms with Crippen molar-refractivity contribution in [1.29, 1.82) is 0 Å². The first kappa shape index (κ1) is 15.5. The first-order chi connectivity index (χ1) is 10.1. The fraction of sp³-hybridized carbons (Fsp3) is 0.571. The van der Waals surface area contributed by atoms with Gasteiger partial charge in [0, 0.05) is 32.4 Å². The molecular formula is C14H21N3O4. The van der Waals surface area contributed by atoms with E-state index in [-0.39, 0.29) is 19.1 Å². The van der Waals surface area contributed by atoms with Crippen LogP contribution in [0.25, 0.3) is 0 Å². The lowest BCUT2D eigenvalue weighted by Crippen LogP contribution is -2.37. The molecule has 1 aromatic heterocycles. The van der Waals surface area contributed by atoms with E-state index in [2.05, 4.69) is 4.90 Å². The number of carboxylic acids is 1. The lowest BCUT2D eigenvalue weighted by atomic mass is 10.3. The fourth-order valence-corrected chi connectivity index (χ4v) is 2.59. The van der Waals surface area contributed by atoms with Crippen molar-refractivity contribution in [2.75, 3.05) is 39.3 Å². The monoisotopic (exact) mass is 295 g/mol. The number of nitrogens with zero attached hydrogens (tertiary/aromatic N) is 3. The highest BCUT2D eigenvalue weighted by Crippen LogP contribution is 2.10. The number of aliphatic carboxylic acids is 1. The first-order valence-electron chi connectivity index (χ1n) is 7.11. The Morgan fingerprint density at radius 1 is 1.19 bits per heavy atom. The largest absolute Gasteiger partial charge is 0.480 e. The minimum Gasteiger partial charge on any atom is -0.480 e. The second-order valence-corrected chi connectivity index (χ2v) is 5.13. The molecule has 1 aliphatic rings. The topological polar surface area (TPSA) is 86.0 Å². The average Bonchev–Trinajstić information content (AvgIpc) is 2.75. The van der Waals surface area contributed by atoms with Crippen molar-refractivity contribution >= 4 is 11.9 Å². The number of rotatable bonds is 5. The van der Waals surface area contributed by atoms with Crippen LogP contribution in [-0.4, -0.2) is 75.8 Å². The van der Waals surface area contributed by atoms with Gasteiger partial charge in [0.2, 0.25) is 0 Å². The maximum Gasteiger partial charge on any atom is 0.323 e. The highest BCUT2D eigenvalue weighted by molar-refractivity contribution is 5.93. The summed E-state index contributed by atoms with van der Waals surface area (Å²) in [7, 11) is 0. The quantitative estimate of drug-likeness (QED) is 0.780. The molecule has 2 heterocycles. The zero-order chi connectivity index (χ0) is 15.2. The number of aliphatic hydroxyl groups is 1. The van der Waals surface area contributed by atoms with Crippen LogP contribution in [0.1, 0.15) is 16.9 Å². The van der Waals surface area contributed by atoms with Crippen molar-refractivity contribution in [3.8, 4) is 0 Å². The number of aliphatic hydroxyl groups excluding tert-OH is 1. The van der Waals surface area contributed by atoms with Gasteiger partial charge in [0.25, 0.3) is 5.91 Å². The summed E-state index contributed by atoms with van der Waals surface area (Å²) < 4.78 is 1.46. The summed E-state index contributed by atoms with van der Waals surface area (Å²) in [6.07, 6.45) is 2.46. The molecule has 1 aromatic rings. The van der Waals surface area contributed by atoms with E-state index in [1.165, 1.54) is 4.57 Å². The highest BCUT2D eigenvalue weighted by Gasteiger charge is 2.22. The Bertz CT molecular complexity index is 500. The van der Waals surface area contributed by atoms with Gasteiger partial charge in [-0.15, -0.1) is 0 Å². The van der Waals surface area contributed by atoms with Gasteiger partial charge in [0.05, 0.1) is 6.61 Å². The van der Waals surface area contributed by atoms with Crippen LogP contribution in [0.15, 0.2) is 18.3 Å². The Kier molecular flexibility index (Phi) is 5.35. The van der Waals surface area contributed by atoms with Gasteiger partial charge < -0.3 is 19.7 Å². The van der Waals surface area contributed by atoms with E-state index < -0.39 is 5.97 Å². The lowest BCUT2D eigenvalue weighted by molar-refractivity contribution is -0.137. The Balaban J connectivity index is 2.03. The Hall–Kier alpha value is -1.86. The van der Waals surface area contributed by atoms with Gasteiger partial charge in [-0.25, -0.2) is 0 Å². The van der Waals surface area contributed by atoms with Crippen molar-refractivity contribution in [2.24, 2.45) is 0 Å². The Labute approximate surface area is 123 Å². The van der Waals surface area contributed by atoms with Crippen molar-refractivity contribution in [3.63, 3.8) is 0 Å². The summed E-state index contributed by atoms with van der Waals surface area (Å²) >= 11 is 0. The number of amides is 1. The molecule has 1 saturated heterocycles. The van der Waals surface area contributed by atoms with Crippen molar-refractivity contribution in [2.45, 2.75) is 13.0 Å². The van der Waals surface area contributed by atoms with Gasteiger partial charge in [-0.2, -0.15) is 0 Å². The number of hydrogen-bond acceptors (Lipinski definition) is 4. The Morgan fingerprint density at radius 3 is 2.71 bits per heavy atom. The lowest BCUT2D eigenvalue weighted by Gasteiger charge is -2.22. The van der Waals surface area contributed by atoms with Crippen LogP contribution in [0, 0.1) is 0 Å². The van der Waals surface area contributed by atoms with E-state index in [1.807, 2.05) is 0 Å². The van der Waals surface area contributed by atoms with E-state index in [4.69, 9.17) is 10.2 Å². The smallest absolute Gasteiger partial charge is 0.323 e. The second kappa shape index (κ2) is 7.24. The number of carbonyl (C=O) groups excluding carboxylic acids is 1. The molecule has 0 radical (unpaired) electrons. The molecule has 21 heavy (non-hydrogen) atoms. The molecular weight excluding hydrogens is 274 g/mol. The number of carbonyl (C=O) groups is 2. The minimum atomic E-state index is -0.967. The zero-order valence-electron chi connectivity index (χ0n) is 11.9. The highest BCUT2D eigenvalue weighted by atomic mass is 16.4. The molecule has 7 heteroatoms. The third kappa shape index (κ3) is 4.05. The van der Waals surface area contributed by atoms with Crippen LogP contribution in [0.3, 0.4) is 0 Å². The number of aromatic nitrogens is 1. The summed E-state index contributed by atoms with van der Waals surface area (Å²) in [4.78, 5) is 27.2. The molecule has 0 atom stereocenters. The van der Waals surface area contributed by atoms with E-state index in [9.17, 15) is 9.59 Å². The molecule has 7 nitrogen and oxygen atoms in total. The van der Waals surface area contributed by atoms with Gasteiger partial charge in [-0.1, -0.05) is 0 Å². The van der Waals surface area contributed by atoms with Gasteiger partial charge >= 0.3 is 5.97 Å². The molecule has 0 aromatic carbocycles. The van der Waals surface area contributed by atoms with E-state index >= 15 is 0 Å². The van der Waals surface area contributed by atoms with E-state index in [0.29, 0.717) is 25.3 Å². The molecule has 0 unspecified atom stereocenters. The predicted octanol–water partition coefficient (Wildman–Crippen LogP) is -0.287. The first-order valence-corrected chi connectivity index (χ1v) is 7.11. The molecule has 0 spiro atoms. The molecule has 1 fully saturated rings. The normalized spacial score (nSPS) is 16.7. The number of β-amino-alcohol motifs (C(OH)–C–C–N with tert-alkyl or cyclic N) is 1. The summed E-state index contributed by atoms with van der Waals surface area (Å²) in [6.45, 7) is 3.37. The minimum absolute atomic E-state index is 0.120. The van der Waals surface area contributed by atoms with E-state index in [1.54, 1.807) is 23.2 Å². The molecule has 2 N–H and O–H groups in total. The second-order valence-electron chi connectivity index (χ2n) is 5.13. The number of hydrogen-bond donors (Lipinski definition) is 2. The standard InChI is InChI=1S/C14H21N3O4/c18-10-9-15-4-2-6-16(8-7-15)14(21)12-3-1-5-17(12)11-13(19)20/h1,3,5,18H,2,4,6-11H2,(H,19,20). The van der Waals surface area contributed by atoms with Gasteiger partial charge in [-0.05, 0) is 25.1 Å². The van der Waals surface area contributed by atoms with Crippen LogP contribution in [0.2, 0.25) is 0 Å². The predicted molar refractivity (Wildman–Crippen MR) is 76.1 cm³/mol. The summed E-state index contributed by atoms with van der Waals surface area (Å²) in [5.74, 6) is -1.10. The van der Waals surface area contributed by atoms with Crippen LogP contribution < -0.4 is 0 Å². The van der Waals surface area contributed by atoms with Crippen LogP contribution >= 0.6 is 0 Å². The SMILES string of the molecule is O=C(O)Cn1cccc1C(=O)N1CCCN(CCO)CC1. The molecule has 1 amide bonds. The third-order valence-corrected chi connectivity index (χ3v) is 3.65. The van der Waals surface area contributed by atoms with Crippen molar-refractivity contribution in [1.82, 2.24) is 14.4 Å². The Morgan fingerprint density at radius 2 is 2.00 bits per heavy atom. The molecule has 0 aliphatic carbocycles. The molecule has 0 saturated carbocycles. The van der Waals surface area contributed by atoms with Crippen LogP contribution in [0.4, 0.5) is 0 Å². The summed E-state index contributed by atoms with van der Waals surface area (Å²) in [5, 5.41) is 17.8. The zero-order valence-corrected chi connectivity index (χ0v) is 11.9. The van der Waals surface area contributed by atoms with Gasteiger partial charge in [0.15, 0.2) is 0 Å². The van der Waals surface area contributed by atoms with Crippen molar-refractivity contribution in [3.05, 3.63) is 24.0 Å². The van der Waals surface area contributed by atoms with Crippen LogP contribution in [0.5, 0.6) is 0 Å². The molecule has 1 aliphatic heterocycles. The summed E-state index contributed by atoms with van der Waals surface area (Å²) in [6, 6.07) is 3.34. The van der Waals surface area contributed by atoms with Crippen molar-refractivity contribution < 1.29 is 19.8 Å². The van der Waals surface area contributed by atoms with Gasteiger partial charge in [-0.3, -0.25) is 14.5 Å². The molecule has 0 bridgehead atoms. The fourth-order valence-electron chi connectivity index (χ4n) is 2.59. The number of carboxylic acid groups (broad SMARTS) is 1. The van der Waals surface area contributed by atoms with E-state index in [0.717, 1.165) is 19.5 Å². The molecule has 116 valence electrons. The third-order valence-electron chi connectivity index (χ3n) is 3.65. The summed E-state index contributed by atoms with van der Waals surface area (Å²) in [5.41, 5.74) is 0.410. The average molecular weight is 295 g/mol.